The van der Waals surface area contributed by atoms with Crippen LogP contribution < -0.4 is 20.1 Å². The zero-order valence-corrected chi connectivity index (χ0v) is 23.8. The fraction of sp³-hybridized carbons (Fsp3) is 0.519. The van der Waals surface area contributed by atoms with E-state index in [4.69, 9.17) is 25.8 Å². The van der Waals surface area contributed by atoms with Gasteiger partial charge in [-0.3, -0.25) is 9.47 Å². The quantitative estimate of drug-likeness (QED) is 0.462. The highest BCUT2D eigenvalue weighted by Gasteiger charge is 2.52. The lowest BCUT2D eigenvalue weighted by molar-refractivity contribution is -0.00279. The first-order chi connectivity index (χ1) is 18.4. The third-order valence-electron chi connectivity index (χ3n) is 7.32. The van der Waals surface area contributed by atoms with Gasteiger partial charge in [0.05, 0.1) is 37.9 Å². The summed E-state index contributed by atoms with van der Waals surface area (Å²) in [5.41, 5.74) is 0.209. The highest BCUT2D eigenvalue weighted by Crippen LogP contribution is 2.41. The molecule has 2 bridgehead atoms. The van der Waals surface area contributed by atoms with Crippen LogP contribution in [0, 0.1) is 0 Å². The van der Waals surface area contributed by atoms with E-state index >= 15 is 0 Å². The Morgan fingerprint density at radius 1 is 1.18 bits per heavy atom. The van der Waals surface area contributed by atoms with Crippen LogP contribution in [-0.4, -0.2) is 75.2 Å². The minimum absolute atomic E-state index is 0.0818. The van der Waals surface area contributed by atoms with Crippen molar-refractivity contribution in [3.63, 3.8) is 0 Å². The van der Waals surface area contributed by atoms with Crippen molar-refractivity contribution < 1.29 is 19.0 Å². The molecule has 11 nitrogen and oxygen atoms in total. The molecule has 0 aliphatic carbocycles. The molecule has 2 fully saturated rings. The van der Waals surface area contributed by atoms with E-state index in [0.717, 1.165) is 18.4 Å². The Hall–Kier alpha value is -3.60. The number of piperazine rings is 1. The van der Waals surface area contributed by atoms with Crippen LogP contribution in [0.25, 0.3) is 11.0 Å². The van der Waals surface area contributed by atoms with E-state index < -0.39 is 16.8 Å². The number of carbonyl (C=O) groups excluding carboxylic acids is 1. The summed E-state index contributed by atoms with van der Waals surface area (Å²) >= 11 is 6.25. The highest BCUT2D eigenvalue weighted by molar-refractivity contribution is 6.29. The SMILES string of the molecule is COc1ccc(Cn2c(=O)nc(N3C[C@H]4CC[C@@](C)(C3)N4C(=O)OC(C)(C)C)c3nnc(Cl)cc32)c(OC)c1. The minimum atomic E-state index is -0.590. The molecule has 4 heterocycles. The van der Waals surface area contributed by atoms with Crippen molar-refractivity contribution in [2.24, 2.45) is 0 Å². The first-order valence-electron chi connectivity index (χ1n) is 12.8. The largest absolute Gasteiger partial charge is 0.497 e. The third-order valence-corrected chi connectivity index (χ3v) is 7.50. The number of nitrogens with zero attached hydrogens (tertiary/aromatic N) is 6. The molecule has 2 atom stereocenters. The van der Waals surface area contributed by atoms with Gasteiger partial charge in [0.15, 0.2) is 16.5 Å². The van der Waals surface area contributed by atoms with Crippen molar-refractivity contribution >= 4 is 34.5 Å². The molecule has 2 aromatic heterocycles. The van der Waals surface area contributed by atoms with Gasteiger partial charge in [-0.05, 0) is 52.7 Å². The Bertz CT molecular complexity index is 1490. The lowest BCUT2D eigenvalue weighted by Crippen LogP contribution is -2.63. The smallest absolute Gasteiger partial charge is 0.411 e. The summed E-state index contributed by atoms with van der Waals surface area (Å²) in [7, 11) is 3.14. The molecule has 1 amide bonds. The fourth-order valence-corrected chi connectivity index (χ4v) is 5.77. The standard InChI is InChI=1S/C27H33ClN6O5/c1-26(2,3)39-25(36)34-17-9-10-27(34,4)15-32(14-17)23-22-19(12-21(28)30-31-22)33(24(35)29-23)13-16-7-8-18(37-5)11-20(16)38-6/h7-8,11-12,17H,9-10,13-15H2,1-6H3/t17-,27+/m1/s1. The number of anilines is 1. The lowest BCUT2D eigenvalue weighted by Gasteiger charge is -2.47. The molecule has 0 spiro atoms. The van der Waals surface area contributed by atoms with E-state index in [1.165, 1.54) is 4.57 Å². The van der Waals surface area contributed by atoms with Gasteiger partial charge < -0.3 is 19.1 Å². The molecule has 39 heavy (non-hydrogen) atoms. The molecule has 5 rings (SSSR count). The Kier molecular flexibility index (Phi) is 6.82. The first kappa shape index (κ1) is 27.0. The lowest BCUT2D eigenvalue weighted by atomic mass is 9.98. The Balaban J connectivity index is 1.53. The van der Waals surface area contributed by atoms with Crippen molar-refractivity contribution in [1.29, 1.82) is 0 Å². The number of aromatic nitrogens is 4. The Morgan fingerprint density at radius 2 is 1.95 bits per heavy atom. The average molecular weight is 557 g/mol. The normalized spacial score (nSPS) is 20.8. The minimum Gasteiger partial charge on any atom is -0.497 e. The number of carbonyl (C=O) groups is 1. The molecule has 3 aromatic rings. The first-order valence-corrected chi connectivity index (χ1v) is 13.2. The van der Waals surface area contributed by atoms with Crippen LogP contribution in [0.1, 0.15) is 46.1 Å². The maximum Gasteiger partial charge on any atom is 0.411 e. The van der Waals surface area contributed by atoms with Crippen LogP contribution in [0.5, 0.6) is 11.5 Å². The monoisotopic (exact) mass is 556 g/mol. The number of amides is 1. The van der Waals surface area contributed by atoms with E-state index in [9.17, 15) is 9.59 Å². The van der Waals surface area contributed by atoms with Gasteiger partial charge in [-0.1, -0.05) is 11.6 Å². The molecule has 0 saturated carbocycles. The second-order valence-electron chi connectivity index (χ2n) is 11.3. The number of methoxy groups -OCH3 is 2. The van der Waals surface area contributed by atoms with Gasteiger partial charge >= 0.3 is 11.8 Å². The van der Waals surface area contributed by atoms with Crippen molar-refractivity contribution in [3.05, 3.63) is 45.5 Å². The summed E-state index contributed by atoms with van der Waals surface area (Å²) in [6.45, 7) is 8.79. The van der Waals surface area contributed by atoms with Crippen molar-refractivity contribution in [2.45, 2.75) is 64.3 Å². The summed E-state index contributed by atoms with van der Waals surface area (Å²) in [4.78, 5) is 35.0. The van der Waals surface area contributed by atoms with Crippen LogP contribution >= 0.6 is 11.6 Å². The highest BCUT2D eigenvalue weighted by atomic mass is 35.5. The van der Waals surface area contributed by atoms with Crippen molar-refractivity contribution in [2.75, 3.05) is 32.2 Å². The van der Waals surface area contributed by atoms with E-state index in [-0.39, 0.29) is 23.8 Å². The molecule has 2 saturated heterocycles. The van der Waals surface area contributed by atoms with Crippen LogP contribution in [0.2, 0.25) is 5.15 Å². The van der Waals surface area contributed by atoms with Gasteiger partial charge in [-0.2, -0.15) is 4.98 Å². The summed E-state index contributed by atoms with van der Waals surface area (Å²) in [5, 5.41) is 8.59. The molecule has 0 N–H and O–H groups in total. The number of ether oxygens (including phenoxy) is 3. The number of rotatable bonds is 5. The molecular formula is C27H33ClN6O5. The molecule has 2 aliphatic rings. The number of benzene rings is 1. The fourth-order valence-electron chi connectivity index (χ4n) is 5.63. The summed E-state index contributed by atoms with van der Waals surface area (Å²) in [6.07, 6.45) is 1.33. The number of halogens is 1. The Morgan fingerprint density at radius 3 is 2.62 bits per heavy atom. The van der Waals surface area contributed by atoms with Gasteiger partial charge in [-0.15, -0.1) is 10.2 Å². The molecule has 208 valence electrons. The predicted octanol–water partition coefficient (Wildman–Crippen LogP) is 3.88. The van der Waals surface area contributed by atoms with E-state index in [2.05, 4.69) is 15.2 Å². The molecule has 12 heteroatoms. The zero-order valence-electron chi connectivity index (χ0n) is 23.0. The van der Waals surface area contributed by atoms with Crippen LogP contribution in [0.3, 0.4) is 0 Å². The van der Waals surface area contributed by atoms with E-state index in [1.807, 2.05) is 43.6 Å². The molecule has 0 radical (unpaired) electrons. The van der Waals surface area contributed by atoms with Gasteiger partial charge in [0.25, 0.3) is 0 Å². The summed E-state index contributed by atoms with van der Waals surface area (Å²) in [6, 6.07) is 6.95. The van der Waals surface area contributed by atoms with Crippen LogP contribution in [0.4, 0.5) is 10.6 Å². The van der Waals surface area contributed by atoms with E-state index in [0.29, 0.717) is 41.4 Å². The van der Waals surface area contributed by atoms with Gasteiger partial charge in [0.1, 0.15) is 17.1 Å². The molecular weight excluding hydrogens is 524 g/mol. The van der Waals surface area contributed by atoms with Crippen molar-refractivity contribution in [3.8, 4) is 11.5 Å². The van der Waals surface area contributed by atoms with Crippen molar-refractivity contribution in [1.82, 2.24) is 24.6 Å². The topological polar surface area (TPSA) is 112 Å². The van der Waals surface area contributed by atoms with Gasteiger partial charge in [0.2, 0.25) is 0 Å². The summed E-state index contributed by atoms with van der Waals surface area (Å²) in [5.74, 6) is 1.65. The summed E-state index contributed by atoms with van der Waals surface area (Å²) < 4.78 is 18.1. The average Bonchev–Trinajstić information content (AvgIpc) is 3.09. The Labute approximate surface area is 231 Å². The maximum absolute atomic E-state index is 13.5. The molecule has 0 unspecified atom stereocenters. The second-order valence-corrected chi connectivity index (χ2v) is 11.7. The van der Waals surface area contributed by atoms with Gasteiger partial charge in [0, 0.05) is 30.8 Å². The molecule has 1 aromatic carbocycles. The predicted molar refractivity (Wildman–Crippen MR) is 147 cm³/mol. The number of fused-ring (bicyclic) bond motifs is 3. The van der Waals surface area contributed by atoms with Crippen LogP contribution in [-0.2, 0) is 11.3 Å². The maximum atomic E-state index is 13.5. The number of hydrogen-bond acceptors (Lipinski definition) is 9. The number of hydrogen-bond donors (Lipinski definition) is 0. The van der Waals surface area contributed by atoms with E-state index in [1.54, 1.807) is 32.4 Å². The second kappa shape index (κ2) is 9.86. The van der Waals surface area contributed by atoms with Crippen LogP contribution in [0.15, 0.2) is 29.1 Å². The molecule has 2 aliphatic heterocycles. The third kappa shape index (κ3) is 5.07. The zero-order chi connectivity index (χ0) is 28.1. The van der Waals surface area contributed by atoms with Gasteiger partial charge in [-0.25, -0.2) is 9.59 Å².